The van der Waals surface area contributed by atoms with Crippen LogP contribution < -0.4 is 0 Å². The Morgan fingerprint density at radius 1 is 1.35 bits per heavy atom. The maximum Gasteiger partial charge on any atom is 0.125 e. The van der Waals surface area contributed by atoms with E-state index in [2.05, 4.69) is 29.7 Å². The fourth-order valence-electron chi connectivity index (χ4n) is 3.52. The van der Waals surface area contributed by atoms with Crippen LogP contribution >= 0.6 is 11.6 Å². The van der Waals surface area contributed by atoms with Gasteiger partial charge in [0, 0.05) is 6.61 Å². The van der Waals surface area contributed by atoms with Gasteiger partial charge in [-0.2, -0.15) is 0 Å². The minimum atomic E-state index is 0.356. The number of imidazole rings is 1. The Labute approximate surface area is 123 Å². The predicted octanol–water partition coefficient (Wildman–Crippen LogP) is 3.82. The SMILES string of the molecule is Cc1cccc2c1nc(CCl)n2C1CCOC1C1CC1. The average Bonchev–Trinajstić information content (AvgIpc) is 3.06. The Bertz CT molecular complexity index is 647. The molecular weight excluding hydrogens is 272 g/mol. The molecule has 2 aromatic rings. The first kappa shape index (κ1) is 12.7. The molecule has 3 nitrogen and oxygen atoms in total. The summed E-state index contributed by atoms with van der Waals surface area (Å²) in [6.07, 6.45) is 4.05. The van der Waals surface area contributed by atoms with E-state index in [1.807, 2.05) is 0 Å². The minimum absolute atomic E-state index is 0.356. The first-order chi connectivity index (χ1) is 9.79. The molecule has 1 aliphatic carbocycles. The summed E-state index contributed by atoms with van der Waals surface area (Å²) >= 11 is 6.15. The van der Waals surface area contributed by atoms with Crippen LogP contribution in [0.1, 0.15) is 36.7 Å². The molecule has 1 saturated heterocycles. The maximum atomic E-state index is 6.15. The molecule has 0 N–H and O–H groups in total. The largest absolute Gasteiger partial charge is 0.376 e. The molecule has 20 heavy (non-hydrogen) atoms. The lowest BCUT2D eigenvalue weighted by Crippen LogP contribution is -2.23. The fraction of sp³-hybridized carbons (Fsp3) is 0.562. The van der Waals surface area contributed by atoms with Crippen molar-refractivity contribution in [3.63, 3.8) is 0 Å². The van der Waals surface area contributed by atoms with Crippen molar-refractivity contribution in [2.45, 2.75) is 44.2 Å². The van der Waals surface area contributed by atoms with Gasteiger partial charge in [0.1, 0.15) is 5.82 Å². The number of nitrogens with zero attached hydrogens (tertiary/aromatic N) is 2. The van der Waals surface area contributed by atoms with E-state index in [1.54, 1.807) is 0 Å². The second kappa shape index (κ2) is 4.74. The van der Waals surface area contributed by atoms with E-state index in [0.29, 0.717) is 18.0 Å². The second-order valence-electron chi connectivity index (χ2n) is 6.00. The normalized spacial score (nSPS) is 26.5. The van der Waals surface area contributed by atoms with Crippen molar-refractivity contribution < 1.29 is 4.74 Å². The molecule has 106 valence electrons. The van der Waals surface area contributed by atoms with Crippen molar-refractivity contribution >= 4 is 22.6 Å². The number of alkyl halides is 1. The molecule has 4 heteroatoms. The number of aryl methyl sites for hydroxylation is 1. The maximum absolute atomic E-state index is 6.15. The first-order valence-corrected chi connectivity index (χ1v) is 7.97. The zero-order valence-electron chi connectivity index (χ0n) is 11.7. The highest BCUT2D eigenvalue weighted by Crippen LogP contribution is 2.44. The molecule has 1 aliphatic heterocycles. The van der Waals surface area contributed by atoms with Gasteiger partial charge in [-0.05, 0) is 43.7 Å². The average molecular weight is 291 g/mol. The zero-order chi connectivity index (χ0) is 13.7. The minimum Gasteiger partial charge on any atom is -0.376 e. The van der Waals surface area contributed by atoms with Crippen LogP contribution in [0, 0.1) is 12.8 Å². The van der Waals surface area contributed by atoms with Crippen LogP contribution in [0.15, 0.2) is 18.2 Å². The topological polar surface area (TPSA) is 27.1 Å². The van der Waals surface area contributed by atoms with Crippen molar-refractivity contribution in [1.29, 1.82) is 0 Å². The highest BCUT2D eigenvalue weighted by atomic mass is 35.5. The van der Waals surface area contributed by atoms with Gasteiger partial charge in [-0.3, -0.25) is 0 Å². The monoisotopic (exact) mass is 290 g/mol. The summed E-state index contributed by atoms with van der Waals surface area (Å²) in [5, 5.41) is 0. The molecule has 1 saturated carbocycles. The Morgan fingerprint density at radius 3 is 2.95 bits per heavy atom. The number of benzene rings is 1. The molecule has 0 bridgehead atoms. The highest BCUT2D eigenvalue weighted by Gasteiger charge is 2.42. The number of hydrogen-bond donors (Lipinski definition) is 0. The van der Waals surface area contributed by atoms with E-state index in [1.165, 1.54) is 23.9 Å². The van der Waals surface area contributed by atoms with Crippen LogP contribution in [0.4, 0.5) is 0 Å². The smallest absolute Gasteiger partial charge is 0.125 e. The Morgan fingerprint density at radius 2 is 2.20 bits per heavy atom. The summed E-state index contributed by atoms with van der Waals surface area (Å²) < 4.78 is 8.35. The van der Waals surface area contributed by atoms with E-state index in [-0.39, 0.29) is 0 Å². The van der Waals surface area contributed by atoms with Gasteiger partial charge < -0.3 is 9.30 Å². The van der Waals surface area contributed by atoms with Crippen molar-refractivity contribution in [1.82, 2.24) is 9.55 Å². The molecule has 2 aliphatic rings. The van der Waals surface area contributed by atoms with Crippen molar-refractivity contribution in [2.75, 3.05) is 6.61 Å². The fourth-order valence-corrected chi connectivity index (χ4v) is 3.71. The molecular formula is C16H19ClN2O. The third-order valence-electron chi connectivity index (χ3n) is 4.64. The molecule has 1 aromatic carbocycles. The van der Waals surface area contributed by atoms with Crippen LogP contribution in [-0.2, 0) is 10.6 Å². The molecule has 4 rings (SSSR count). The van der Waals surface area contributed by atoms with Gasteiger partial charge in [0.2, 0.25) is 0 Å². The number of rotatable bonds is 3. The third kappa shape index (κ3) is 1.87. The molecule has 2 unspecified atom stereocenters. The number of halogens is 1. The van der Waals surface area contributed by atoms with Gasteiger partial charge in [0.15, 0.2) is 0 Å². The van der Waals surface area contributed by atoms with Crippen LogP contribution in [0.2, 0.25) is 0 Å². The van der Waals surface area contributed by atoms with Gasteiger partial charge in [0.25, 0.3) is 0 Å². The zero-order valence-corrected chi connectivity index (χ0v) is 12.4. The van der Waals surface area contributed by atoms with Gasteiger partial charge in [-0.25, -0.2) is 4.98 Å². The number of hydrogen-bond acceptors (Lipinski definition) is 2. The quantitative estimate of drug-likeness (QED) is 0.804. The van der Waals surface area contributed by atoms with Crippen LogP contribution in [-0.4, -0.2) is 22.3 Å². The standard InChI is InChI=1S/C16H19ClN2O/c1-10-3-2-4-12-15(10)18-14(9-17)19(12)13-7-8-20-16(13)11-5-6-11/h2-4,11,13,16H,5-9H2,1H3. The molecule has 2 fully saturated rings. The van der Waals surface area contributed by atoms with Crippen molar-refractivity contribution in [3.05, 3.63) is 29.6 Å². The van der Waals surface area contributed by atoms with Gasteiger partial charge >= 0.3 is 0 Å². The lowest BCUT2D eigenvalue weighted by Gasteiger charge is -2.22. The number of ether oxygens (including phenoxy) is 1. The van der Waals surface area contributed by atoms with E-state index in [9.17, 15) is 0 Å². The van der Waals surface area contributed by atoms with Gasteiger partial charge in [0.05, 0.1) is 29.1 Å². The summed E-state index contributed by atoms with van der Waals surface area (Å²) in [5.41, 5.74) is 3.51. The van der Waals surface area contributed by atoms with E-state index >= 15 is 0 Å². The second-order valence-corrected chi connectivity index (χ2v) is 6.27. The number of fused-ring (bicyclic) bond motifs is 1. The third-order valence-corrected chi connectivity index (χ3v) is 4.87. The van der Waals surface area contributed by atoms with Crippen molar-refractivity contribution in [2.24, 2.45) is 5.92 Å². The van der Waals surface area contributed by atoms with Crippen LogP contribution in [0.5, 0.6) is 0 Å². The van der Waals surface area contributed by atoms with Crippen molar-refractivity contribution in [3.8, 4) is 0 Å². The summed E-state index contributed by atoms with van der Waals surface area (Å²) in [4.78, 5) is 4.76. The molecule has 0 radical (unpaired) electrons. The Kier molecular flexibility index (Phi) is 3.00. The molecule has 2 heterocycles. The number of aromatic nitrogens is 2. The summed E-state index contributed by atoms with van der Waals surface area (Å²) in [5.74, 6) is 2.19. The Hall–Kier alpha value is -1.06. The lowest BCUT2D eigenvalue weighted by molar-refractivity contribution is 0.0754. The van der Waals surface area contributed by atoms with Gasteiger partial charge in [-0.1, -0.05) is 12.1 Å². The predicted molar refractivity (Wildman–Crippen MR) is 80.1 cm³/mol. The Balaban J connectivity index is 1.87. The molecule has 2 atom stereocenters. The lowest BCUT2D eigenvalue weighted by atomic mass is 10.1. The van der Waals surface area contributed by atoms with E-state index in [0.717, 1.165) is 30.3 Å². The summed E-state index contributed by atoms with van der Waals surface area (Å²) in [6, 6.07) is 6.79. The summed E-state index contributed by atoms with van der Waals surface area (Å²) in [6.45, 7) is 2.97. The highest BCUT2D eigenvalue weighted by molar-refractivity contribution is 6.16. The first-order valence-electron chi connectivity index (χ1n) is 7.43. The van der Waals surface area contributed by atoms with Crippen LogP contribution in [0.3, 0.4) is 0 Å². The molecule has 0 spiro atoms. The van der Waals surface area contributed by atoms with Gasteiger partial charge in [-0.15, -0.1) is 11.6 Å². The van der Waals surface area contributed by atoms with E-state index < -0.39 is 0 Å². The summed E-state index contributed by atoms with van der Waals surface area (Å²) in [7, 11) is 0. The van der Waals surface area contributed by atoms with Crippen LogP contribution in [0.25, 0.3) is 11.0 Å². The number of para-hydroxylation sites is 1. The molecule has 0 amide bonds. The molecule has 1 aromatic heterocycles. The van der Waals surface area contributed by atoms with E-state index in [4.69, 9.17) is 21.3 Å².